The molecule has 0 aliphatic heterocycles. The van der Waals surface area contributed by atoms with Crippen LogP contribution in [0.25, 0.3) is 16.8 Å². The number of rotatable bonds is 2. The number of nitrogens with zero attached hydrogens (tertiary/aromatic N) is 4. The first-order chi connectivity index (χ1) is 9.99. The third-order valence-electron chi connectivity index (χ3n) is 3.63. The van der Waals surface area contributed by atoms with Crippen LogP contribution in [0.3, 0.4) is 0 Å². The predicted molar refractivity (Wildman–Crippen MR) is 82.4 cm³/mol. The molecule has 0 spiro atoms. The molecule has 6 heteroatoms. The molecule has 0 saturated carbocycles. The number of hydrogen-bond acceptors (Lipinski definition) is 3. The van der Waals surface area contributed by atoms with Crippen LogP contribution in [0.15, 0.2) is 41.5 Å². The molecule has 108 valence electrons. The standard InChI is InChI=1S/C15H17N5O/c1-10-9-18(2)15(21)20(10)12-6-4-5-11(7-12)13-8-17-19(3)14(13)16/h4-9H,16H2,1-3H3. The Bertz CT molecular complexity index is 869. The van der Waals surface area contributed by atoms with Crippen molar-refractivity contribution < 1.29 is 0 Å². The van der Waals surface area contributed by atoms with Crippen molar-refractivity contribution in [2.24, 2.45) is 14.1 Å². The van der Waals surface area contributed by atoms with Gasteiger partial charge >= 0.3 is 5.69 Å². The normalized spacial score (nSPS) is 11.0. The fraction of sp³-hybridized carbons (Fsp3) is 0.200. The van der Waals surface area contributed by atoms with Gasteiger partial charge in [0, 0.05) is 31.5 Å². The smallest absolute Gasteiger partial charge is 0.332 e. The van der Waals surface area contributed by atoms with Crippen LogP contribution in [-0.4, -0.2) is 18.9 Å². The summed E-state index contributed by atoms with van der Waals surface area (Å²) in [7, 11) is 3.54. The van der Waals surface area contributed by atoms with E-state index < -0.39 is 0 Å². The second-order valence-corrected chi connectivity index (χ2v) is 5.12. The van der Waals surface area contributed by atoms with Gasteiger partial charge in [0.05, 0.1) is 11.9 Å². The van der Waals surface area contributed by atoms with E-state index in [4.69, 9.17) is 5.73 Å². The molecule has 0 aliphatic rings. The van der Waals surface area contributed by atoms with Gasteiger partial charge in [0.1, 0.15) is 5.82 Å². The highest BCUT2D eigenvalue weighted by molar-refractivity contribution is 5.74. The first kappa shape index (κ1) is 13.2. The van der Waals surface area contributed by atoms with E-state index in [9.17, 15) is 4.79 Å². The molecule has 0 atom stereocenters. The van der Waals surface area contributed by atoms with Crippen molar-refractivity contribution in [2.45, 2.75) is 6.92 Å². The second kappa shape index (κ2) is 4.66. The summed E-state index contributed by atoms with van der Waals surface area (Å²) in [5.41, 5.74) is 9.46. The number of hydrogen-bond donors (Lipinski definition) is 1. The van der Waals surface area contributed by atoms with E-state index in [1.807, 2.05) is 37.4 Å². The molecule has 0 radical (unpaired) electrons. The van der Waals surface area contributed by atoms with Gasteiger partial charge in [-0.25, -0.2) is 4.79 Å². The Labute approximate surface area is 122 Å². The van der Waals surface area contributed by atoms with Crippen molar-refractivity contribution in [3.8, 4) is 16.8 Å². The SMILES string of the molecule is Cc1cn(C)c(=O)n1-c1cccc(-c2cnn(C)c2N)c1. The lowest BCUT2D eigenvalue weighted by Crippen LogP contribution is -2.21. The molecule has 2 N–H and O–H groups in total. The summed E-state index contributed by atoms with van der Waals surface area (Å²) < 4.78 is 4.87. The molecule has 2 aromatic heterocycles. The van der Waals surface area contributed by atoms with Crippen LogP contribution >= 0.6 is 0 Å². The first-order valence-corrected chi connectivity index (χ1v) is 6.62. The third-order valence-corrected chi connectivity index (χ3v) is 3.63. The Morgan fingerprint density at radius 3 is 2.57 bits per heavy atom. The van der Waals surface area contributed by atoms with E-state index in [2.05, 4.69) is 5.10 Å². The van der Waals surface area contributed by atoms with Gasteiger partial charge in [-0.05, 0) is 24.6 Å². The Kier molecular flexibility index (Phi) is 2.94. The number of nitrogen functional groups attached to an aromatic ring is 1. The molecule has 0 amide bonds. The average Bonchev–Trinajstić information content (AvgIpc) is 2.91. The molecule has 0 fully saturated rings. The zero-order chi connectivity index (χ0) is 15.1. The number of aromatic nitrogens is 4. The Hall–Kier alpha value is -2.76. The lowest BCUT2D eigenvalue weighted by molar-refractivity contribution is 0.779. The van der Waals surface area contributed by atoms with Gasteiger partial charge in [-0.2, -0.15) is 5.10 Å². The van der Waals surface area contributed by atoms with Crippen LogP contribution in [0.1, 0.15) is 5.69 Å². The highest BCUT2D eigenvalue weighted by Gasteiger charge is 2.11. The fourth-order valence-electron chi connectivity index (χ4n) is 2.50. The van der Waals surface area contributed by atoms with Crippen molar-refractivity contribution in [3.05, 3.63) is 52.8 Å². The van der Waals surface area contributed by atoms with E-state index in [1.54, 1.807) is 34.1 Å². The zero-order valence-electron chi connectivity index (χ0n) is 12.2. The number of imidazole rings is 1. The predicted octanol–water partition coefficient (Wildman–Crippen LogP) is 1.47. The largest absolute Gasteiger partial charge is 0.383 e. The number of nitrogens with two attached hydrogens (primary N) is 1. The van der Waals surface area contributed by atoms with Gasteiger partial charge in [0.25, 0.3) is 0 Å². The Morgan fingerprint density at radius 2 is 2.00 bits per heavy atom. The minimum absolute atomic E-state index is 0.0659. The van der Waals surface area contributed by atoms with Gasteiger partial charge in [0.2, 0.25) is 0 Å². The lowest BCUT2D eigenvalue weighted by atomic mass is 10.1. The molecule has 0 unspecified atom stereocenters. The van der Waals surface area contributed by atoms with Crippen molar-refractivity contribution in [1.29, 1.82) is 0 Å². The number of aryl methyl sites for hydroxylation is 3. The van der Waals surface area contributed by atoms with Crippen LogP contribution in [0, 0.1) is 6.92 Å². The molecule has 1 aromatic carbocycles. The quantitative estimate of drug-likeness (QED) is 0.774. The van der Waals surface area contributed by atoms with E-state index in [1.165, 1.54) is 0 Å². The monoisotopic (exact) mass is 283 g/mol. The summed E-state index contributed by atoms with van der Waals surface area (Å²) >= 11 is 0. The molecule has 2 heterocycles. The van der Waals surface area contributed by atoms with E-state index >= 15 is 0 Å². The minimum atomic E-state index is -0.0659. The first-order valence-electron chi connectivity index (χ1n) is 6.62. The molecule has 3 rings (SSSR count). The maximum absolute atomic E-state index is 12.2. The van der Waals surface area contributed by atoms with Crippen LogP contribution in [-0.2, 0) is 14.1 Å². The highest BCUT2D eigenvalue weighted by Crippen LogP contribution is 2.26. The van der Waals surface area contributed by atoms with Crippen LogP contribution in [0.2, 0.25) is 0 Å². The molecule has 0 aliphatic carbocycles. The lowest BCUT2D eigenvalue weighted by Gasteiger charge is -2.07. The fourth-order valence-corrected chi connectivity index (χ4v) is 2.50. The summed E-state index contributed by atoms with van der Waals surface area (Å²) in [5.74, 6) is 0.601. The molecule has 6 nitrogen and oxygen atoms in total. The molecule has 0 saturated heterocycles. The molecule has 0 bridgehead atoms. The van der Waals surface area contributed by atoms with Crippen molar-refractivity contribution >= 4 is 5.82 Å². The van der Waals surface area contributed by atoms with E-state index in [0.717, 1.165) is 22.5 Å². The van der Waals surface area contributed by atoms with Crippen molar-refractivity contribution in [1.82, 2.24) is 18.9 Å². The average molecular weight is 283 g/mol. The van der Waals surface area contributed by atoms with Crippen LogP contribution < -0.4 is 11.4 Å². The topological polar surface area (TPSA) is 70.8 Å². The van der Waals surface area contributed by atoms with Crippen LogP contribution in [0.4, 0.5) is 5.82 Å². The van der Waals surface area contributed by atoms with Gasteiger partial charge in [-0.15, -0.1) is 0 Å². The molecular weight excluding hydrogens is 266 g/mol. The summed E-state index contributed by atoms with van der Waals surface area (Å²) in [6, 6.07) is 7.72. The Balaban J connectivity index is 2.17. The van der Waals surface area contributed by atoms with Crippen molar-refractivity contribution in [3.63, 3.8) is 0 Å². The summed E-state index contributed by atoms with van der Waals surface area (Å²) in [6.45, 7) is 1.91. The molecular formula is C15H17N5O. The summed E-state index contributed by atoms with van der Waals surface area (Å²) in [6.07, 6.45) is 3.54. The van der Waals surface area contributed by atoms with Gasteiger partial charge in [-0.3, -0.25) is 9.25 Å². The van der Waals surface area contributed by atoms with E-state index in [-0.39, 0.29) is 5.69 Å². The third kappa shape index (κ3) is 2.05. The molecule has 21 heavy (non-hydrogen) atoms. The molecule has 3 aromatic rings. The van der Waals surface area contributed by atoms with E-state index in [0.29, 0.717) is 5.82 Å². The summed E-state index contributed by atoms with van der Waals surface area (Å²) in [5, 5.41) is 4.15. The van der Waals surface area contributed by atoms with Gasteiger partial charge in [-0.1, -0.05) is 12.1 Å². The zero-order valence-corrected chi connectivity index (χ0v) is 12.2. The maximum atomic E-state index is 12.2. The second-order valence-electron chi connectivity index (χ2n) is 5.12. The van der Waals surface area contributed by atoms with Gasteiger partial charge in [0.15, 0.2) is 0 Å². The van der Waals surface area contributed by atoms with Crippen molar-refractivity contribution in [2.75, 3.05) is 5.73 Å². The van der Waals surface area contributed by atoms with Crippen LogP contribution in [0.5, 0.6) is 0 Å². The summed E-state index contributed by atoms with van der Waals surface area (Å²) in [4.78, 5) is 12.2. The number of benzene rings is 1. The highest BCUT2D eigenvalue weighted by atomic mass is 16.1. The van der Waals surface area contributed by atoms with Gasteiger partial charge < -0.3 is 10.3 Å². The Morgan fingerprint density at radius 1 is 1.24 bits per heavy atom. The minimum Gasteiger partial charge on any atom is -0.383 e. The number of anilines is 1. The maximum Gasteiger partial charge on any atom is 0.332 e.